The zero-order chi connectivity index (χ0) is 17.2. The van der Waals surface area contributed by atoms with Crippen molar-refractivity contribution in [3.63, 3.8) is 0 Å². The van der Waals surface area contributed by atoms with E-state index in [9.17, 15) is 14.9 Å². The summed E-state index contributed by atoms with van der Waals surface area (Å²) in [7, 11) is 3.84. The number of rotatable bonds is 9. The van der Waals surface area contributed by atoms with Crippen LogP contribution in [0.1, 0.15) is 18.9 Å². The van der Waals surface area contributed by atoms with E-state index in [1.165, 1.54) is 12.1 Å². The van der Waals surface area contributed by atoms with Crippen LogP contribution in [0.5, 0.6) is 5.75 Å². The molecule has 0 bridgehead atoms. The number of nitrogens with one attached hydrogen (secondary N) is 1. The number of hydrogen-bond donors (Lipinski definition) is 1. The molecule has 0 atom stereocenters. The SMILES string of the molecule is CCCOc1ccc(/C=C/C(=O)NCCN(C)C)cc1[N+](=O)[O-]. The van der Waals surface area contributed by atoms with Gasteiger partial charge in [-0.25, -0.2) is 0 Å². The Balaban J connectivity index is 2.73. The van der Waals surface area contributed by atoms with Gasteiger partial charge in [0.2, 0.25) is 5.91 Å². The molecule has 1 amide bonds. The van der Waals surface area contributed by atoms with E-state index in [1.807, 2.05) is 25.9 Å². The number of amides is 1. The molecule has 0 heterocycles. The van der Waals surface area contributed by atoms with E-state index >= 15 is 0 Å². The van der Waals surface area contributed by atoms with E-state index in [1.54, 1.807) is 18.2 Å². The molecule has 7 nitrogen and oxygen atoms in total. The first-order chi connectivity index (χ1) is 10.9. The molecule has 0 radical (unpaired) electrons. The average molecular weight is 321 g/mol. The summed E-state index contributed by atoms with van der Waals surface area (Å²) in [6.07, 6.45) is 3.68. The predicted octanol–water partition coefficient (Wildman–Crippen LogP) is 2.07. The smallest absolute Gasteiger partial charge is 0.311 e. The maximum atomic E-state index is 11.6. The van der Waals surface area contributed by atoms with Gasteiger partial charge in [-0.1, -0.05) is 13.0 Å². The Kier molecular flexibility index (Phi) is 7.76. The summed E-state index contributed by atoms with van der Waals surface area (Å²) in [4.78, 5) is 24.2. The lowest BCUT2D eigenvalue weighted by atomic mass is 10.1. The van der Waals surface area contributed by atoms with Gasteiger partial charge in [0.1, 0.15) is 0 Å². The lowest BCUT2D eigenvalue weighted by molar-refractivity contribution is -0.385. The van der Waals surface area contributed by atoms with E-state index in [2.05, 4.69) is 5.32 Å². The molecule has 0 aliphatic rings. The van der Waals surface area contributed by atoms with Gasteiger partial charge in [0.05, 0.1) is 11.5 Å². The number of ether oxygens (including phenoxy) is 1. The Labute approximate surface area is 136 Å². The van der Waals surface area contributed by atoms with Crippen molar-refractivity contribution in [1.82, 2.24) is 10.2 Å². The minimum atomic E-state index is -0.487. The van der Waals surface area contributed by atoms with Crippen LogP contribution in [-0.4, -0.2) is 49.5 Å². The average Bonchev–Trinajstić information content (AvgIpc) is 2.50. The zero-order valence-electron chi connectivity index (χ0n) is 13.7. The molecular weight excluding hydrogens is 298 g/mol. The van der Waals surface area contributed by atoms with Crippen LogP contribution in [-0.2, 0) is 4.79 Å². The summed E-state index contributed by atoms with van der Waals surface area (Å²) in [6.45, 7) is 3.64. The fourth-order valence-corrected chi connectivity index (χ4v) is 1.75. The summed E-state index contributed by atoms with van der Waals surface area (Å²) >= 11 is 0. The first-order valence-corrected chi connectivity index (χ1v) is 7.46. The Bertz CT molecular complexity index is 570. The minimum Gasteiger partial charge on any atom is -0.487 e. The quantitative estimate of drug-likeness (QED) is 0.427. The van der Waals surface area contributed by atoms with Crippen LogP contribution in [0.3, 0.4) is 0 Å². The number of nitro groups is 1. The molecule has 1 aromatic carbocycles. The maximum absolute atomic E-state index is 11.6. The molecule has 0 unspecified atom stereocenters. The number of benzene rings is 1. The van der Waals surface area contributed by atoms with Crippen molar-refractivity contribution in [2.45, 2.75) is 13.3 Å². The third-order valence-corrected chi connectivity index (χ3v) is 2.93. The number of likely N-dealkylation sites (N-methyl/N-ethyl adjacent to an activating group) is 1. The van der Waals surface area contributed by atoms with Gasteiger partial charge >= 0.3 is 5.69 Å². The Morgan fingerprint density at radius 1 is 1.43 bits per heavy atom. The van der Waals surface area contributed by atoms with Crippen LogP contribution >= 0.6 is 0 Å². The molecule has 0 aromatic heterocycles. The molecule has 1 N–H and O–H groups in total. The third kappa shape index (κ3) is 6.92. The van der Waals surface area contributed by atoms with Crippen molar-refractivity contribution in [1.29, 1.82) is 0 Å². The standard InChI is InChI=1S/C16H23N3O4/c1-4-11-23-15-7-5-13(12-14(15)19(21)22)6-8-16(20)17-9-10-18(2)3/h5-8,12H,4,9-11H2,1-3H3,(H,17,20)/b8-6+. The van der Waals surface area contributed by atoms with Crippen molar-refractivity contribution in [3.05, 3.63) is 40.0 Å². The van der Waals surface area contributed by atoms with Gasteiger partial charge in [0.25, 0.3) is 0 Å². The minimum absolute atomic E-state index is 0.103. The van der Waals surface area contributed by atoms with Crippen molar-refractivity contribution < 1.29 is 14.5 Å². The molecule has 1 aromatic rings. The fourth-order valence-electron chi connectivity index (χ4n) is 1.75. The van der Waals surface area contributed by atoms with E-state index in [0.29, 0.717) is 18.7 Å². The summed E-state index contributed by atoms with van der Waals surface area (Å²) in [5.74, 6) is 0.00486. The van der Waals surface area contributed by atoms with Gasteiger partial charge in [0, 0.05) is 25.2 Å². The molecular formula is C16H23N3O4. The Morgan fingerprint density at radius 3 is 2.78 bits per heavy atom. The highest BCUT2D eigenvalue weighted by molar-refractivity contribution is 5.91. The molecule has 23 heavy (non-hydrogen) atoms. The van der Waals surface area contributed by atoms with Crippen LogP contribution in [0.2, 0.25) is 0 Å². The first kappa shape index (κ1) is 18.6. The second-order valence-electron chi connectivity index (χ2n) is 5.26. The third-order valence-electron chi connectivity index (χ3n) is 2.93. The van der Waals surface area contributed by atoms with Crippen LogP contribution in [0, 0.1) is 10.1 Å². The summed E-state index contributed by atoms with van der Waals surface area (Å²) in [6, 6.07) is 4.63. The monoisotopic (exact) mass is 321 g/mol. The van der Waals surface area contributed by atoms with Crippen LogP contribution < -0.4 is 10.1 Å². The lowest BCUT2D eigenvalue weighted by Gasteiger charge is -2.09. The fraction of sp³-hybridized carbons (Fsp3) is 0.438. The Hall–Kier alpha value is -2.41. The number of carbonyl (C=O) groups is 1. The van der Waals surface area contributed by atoms with Crippen molar-refractivity contribution in [2.24, 2.45) is 0 Å². The Morgan fingerprint density at radius 2 is 2.17 bits per heavy atom. The van der Waals surface area contributed by atoms with Crippen LogP contribution in [0.4, 0.5) is 5.69 Å². The van der Waals surface area contributed by atoms with Gasteiger partial charge < -0.3 is 15.0 Å². The van der Waals surface area contributed by atoms with Gasteiger partial charge in [-0.05, 0) is 38.2 Å². The van der Waals surface area contributed by atoms with E-state index in [-0.39, 0.29) is 17.3 Å². The van der Waals surface area contributed by atoms with E-state index < -0.39 is 4.92 Å². The van der Waals surface area contributed by atoms with E-state index in [4.69, 9.17) is 4.74 Å². The highest BCUT2D eigenvalue weighted by atomic mass is 16.6. The molecule has 0 aliphatic carbocycles. The number of hydrogen-bond acceptors (Lipinski definition) is 5. The molecule has 7 heteroatoms. The summed E-state index contributed by atoms with van der Waals surface area (Å²) in [5, 5.41) is 13.8. The largest absolute Gasteiger partial charge is 0.487 e. The maximum Gasteiger partial charge on any atom is 0.311 e. The number of carbonyl (C=O) groups excluding carboxylic acids is 1. The molecule has 0 fully saturated rings. The van der Waals surface area contributed by atoms with Crippen molar-refractivity contribution >= 4 is 17.7 Å². The first-order valence-electron chi connectivity index (χ1n) is 7.46. The zero-order valence-corrected chi connectivity index (χ0v) is 13.7. The molecule has 0 spiro atoms. The second-order valence-corrected chi connectivity index (χ2v) is 5.26. The number of nitro benzene ring substituents is 1. The molecule has 0 saturated carbocycles. The lowest BCUT2D eigenvalue weighted by Crippen LogP contribution is -2.30. The topological polar surface area (TPSA) is 84.7 Å². The highest BCUT2D eigenvalue weighted by Crippen LogP contribution is 2.28. The van der Waals surface area contributed by atoms with Crippen LogP contribution in [0.15, 0.2) is 24.3 Å². The summed E-state index contributed by atoms with van der Waals surface area (Å²) < 4.78 is 5.35. The second kappa shape index (κ2) is 9.58. The van der Waals surface area contributed by atoms with Crippen LogP contribution in [0.25, 0.3) is 6.08 Å². The van der Waals surface area contributed by atoms with E-state index in [0.717, 1.165) is 13.0 Å². The summed E-state index contributed by atoms with van der Waals surface area (Å²) in [5.41, 5.74) is 0.469. The molecule has 126 valence electrons. The molecule has 1 rings (SSSR count). The van der Waals surface area contributed by atoms with Gasteiger partial charge in [0.15, 0.2) is 5.75 Å². The normalized spacial score (nSPS) is 11.0. The molecule has 0 saturated heterocycles. The van der Waals surface area contributed by atoms with Crippen molar-refractivity contribution in [3.8, 4) is 5.75 Å². The highest BCUT2D eigenvalue weighted by Gasteiger charge is 2.15. The van der Waals surface area contributed by atoms with Gasteiger partial charge in [-0.15, -0.1) is 0 Å². The van der Waals surface area contributed by atoms with Gasteiger partial charge in [-0.3, -0.25) is 14.9 Å². The van der Waals surface area contributed by atoms with Gasteiger partial charge in [-0.2, -0.15) is 0 Å². The predicted molar refractivity (Wildman–Crippen MR) is 89.5 cm³/mol. The van der Waals surface area contributed by atoms with Crippen molar-refractivity contribution in [2.75, 3.05) is 33.8 Å². The number of nitrogens with zero attached hydrogens (tertiary/aromatic N) is 2. The molecule has 0 aliphatic heterocycles.